The van der Waals surface area contributed by atoms with Gasteiger partial charge in [0.25, 0.3) is 0 Å². The molecule has 30 heavy (non-hydrogen) atoms. The van der Waals surface area contributed by atoms with E-state index in [0.29, 0.717) is 17.7 Å². The molecule has 0 atom stereocenters. The number of anilines is 1. The third kappa shape index (κ3) is 6.26. The van der Waals surface area contributed by atoms with E-state index in [1.165, 1.54) is 23.0 Å². The van der Waals surface area contributed by atoms with Crippen molar-refractivity contribution in [1.82, 2.24) is 10.2 Å². The number of amides is 1. The lowest BCUT2D eigenvalue weighted by atomic mass is 10.1. The molecule has 3 aromatic rings. The summed E-state index contributed by atoms with van der Waals surface area (Å²) in [5, 5.41) is 12.6. The molecule has 6 heteroatoms. The molecule has 0 bridgehead atoms. The Hall–Kier alpha value is -2.99. The van der Waals surface area contributed by atoms with Crippen molar-refractivity contribution < 1.29 is 9.53 Å². The molecule has 3 rings (SSSR count). The summed E-state index contributed by atoms with van der Waals surface area (Å²) in [6, 6.07) is 15.9. The summed E-state index contributed by atoms with van der Waals surface area (Å²) in [7, 11) is 0. The minimum atomic E-state index is -0.220. The number of aromatic nitrogens is 2. The van der Waals surface area contributed by atoms with Gasteiger partial charge in [0.2, 0.25) is 11.0 Å². The number of hydrogen-bond acceptors (Lipinski definition) is 5. The molecular weight excluding hydrogens is 394 g/mol. The number of hydrogen-bond donors (Lipinski definition) is 1. The fourth-order valence-corrected chi connectivity index (χ4v) is 3.95. The van der Waals surface area contributed by atoms with E-state index in [0.717, 1.165) is 34.7 Å². The maximum absolute atomic E-state index is 12.2. The van der Waals surface area contributed by atoms with Gasteiger partial charge >= 0.3 is 0 Å². The highest BCUT2D eigenvalue weighted by molar-refractivity contribution is 7.15. The van der Waals surface area contributed by atoms with Crippen molar-refractivity contribution in [2.24, 2.45) is 0 Å². The first-order valence-corrected chi connectivity index (χ1v) is 11.0. The third-order valence-electron chi connectivity index (χ3n) is 4.84. The zero-order chi connectivity index (χ0) is 21.3. The first-order valence-electron chi connectivity index (χ1n) is 10.2. The standard InChI is InChI=1S/C24H27N3O2S/c1-4-20(5-2)23-26-27-24(30-23)25-22(28)15-12-18-10-13-21(14-11-18)29-16-19-8-6-17(3)7-9-19/h6-15,20H,4-5,16H2,1-3H3,(H,25,27,28)/b15-12+. The van der Waals surface area contributed by atoms with Gasteiger partial charge in [-0.05, 0) is 49.1 Å². The average molecular weight is 422 g/mol. The van der Waals surface area contributed by atoms with Crippen LogP contribution in [0.5, 0.6) is 5.75 Å². The molecule has 0 saturated carbocycles. The summed E-state index contributed by atoms with van der Waals surface area (Å²) in [6.07, 6.45) is 5.30. The van der Waals surface area contributed by atoms with Gasteiger partial charge in [0.15, 0.2) is 0 Å². The van der Waals surface area contributed by atoms with E-state index in [9.17, 15) is 4.79 Å². The molecule has 0 saturated heterocycles. The van der Waals surface area contributed by atoms with Gasteiger partial charge in [0.1, 0.15) is 17.4 Å². The predicted octanol–water partition coefficient (Wildman–Crippen LogP) is 5.98. The number of carbonyl (C=O) groups excluding carboxylic acids is 1. The summed E-state index contributed by atoms with van der Waals surface area (Å²) in [5.41, 5.74) is 3.28. The molecule has 156 valence electrons. The van der Waals surface area contributed by atoms with Gasteiger partial charge in [-0.2, -0.15) is 0 Å². The number of carbonyl (C=O) groups is 1. The third-order valence-corrected chi connectivity index (χ3v) is 5.84. The Morgan fingerprint density at radius 2 is 1.77 bits per heavy atom. The topological polar surface area (TPSA) is 64.1 Å². The lowest BCUT2D eigenvalue weighted by molar-refractivity contribution is -0.111. The molecule has 2 aromatic carbocycles. The zero-order valence-electron chi connectivity index (χ0n) is 17.6. The van der Waals surface area contributed by atoms with Crippen LogP contribution < -0.4 is 10.1 Å². The predicted molar refractivity (Wildman–Crippen MR) is 123 cm³/mol. The van der Waals surface area contributed by atoms with Crippen LogP contribution >= 0.6 is 11.3 Å². The maximum atomic E-state index is 12.2. The normalized spacial score (nSPS) is 11.2. The van der Waals surface area contributed by atoms with Crippen molar-refractivity contribution in [2.75, 3.05) is 5.32 Å². The first kappa shape index (κ1) is 21.7. The van der Waals surface area contributed by atoms with E-state index < -0.39 is 0 Å². The smallest absolute Gasteiger partial charge is 0.250 e. The van der Waals surface area contributed by atoms with E-state index in [2.05, 4.69) is 60.6 Å². The fraction of sp³-hybridized carbons (Fsp3) is 0.292. The highest BCUT2D eigenvalue weighted by Crippen LogP contribution is 2.28. The van der Waals surface area contributed by atoms with E-state index >= 15 is 0 Å². The van der Waals surface area contributed by atoms with E-state index in [4.69, 9.17) is 4.74 Å². The molecule has 5 nitrogen and oxygen atoms in total. The van der Waals surface area contributed by atoms with Crippen LogP contribution in [0, 0.1) is 6.92 Å². The van der Waals surface area contributed by atoms with Gasteiger partial charge in [0, 0.05) is 12.0 Å². The Morgan fingerprint density at radius 3 is 2.43 bits per heavy atom. The van der Waals surface area contributed by atoms with Crippen LogP contribution in [-0.4, -0.2) is 16.1 Å². The van der Waals surface area contributed by atoms with Crippen molar-refractivity contribution in [1.29, 1.82) is 0 Å². The van der Waals surface area contributed by atoms with E-state index in [1.807, 2.05) is 24.3 Å². The van der Waals surface area contributed by atoms with Crippen molar-refractivity contribution in [2.45, 2.75) is 46.1 Å². The molecule has 0 radical (unpaired) electrons. The van der Waals surface area contributed by atoms with Crippen LogP contribution in [0.2, 0.25) is 0 Å². The van der Waals surface area contributed by atoms with Crippen molar-refractivity contribution >= 4 is 28.5 Å². The summed E-state index contributed by atoms with van der Waals surface area (Å²) in [5.74, 6) is 0.970. The highest BCUT2D eigenvalue weighted by atomic mass is 32.1. The SMILES string of the molecule is CCC(CC)c1nnc(NC(=O)/C=C/c2ccc(OCc3ccc(C)cc3)cc2)s1. The second-order valence-corrected chi connectivity index (χ2v) is 8.13. The zero-order valence-corrected chi connectivity index (χ0v) is 18.4. The first-order chi connectivity index (χ1) is 14.6. The van der Waals surface area contributed by atoms with Crippen LogP contribution in [0.25, 0.3) is 6.08 Å². The van der Waals surface area contributed by atoms with Crippen molar-refractivity contribution in [3.63, 3.8) is 0 Å². The highest BCUT2D eigenvalue weighted by Gasteiger charge is 2.13. The maximum Gasteiger partial charge on any atom is 0.250 e. The Balaban J connectivity index is 1.50. The molecular formula is C24H27N3O2S. The second kappa shape index (κ2) is 10.7. The number of aryl methyl sites for hydroxylation is 1. The number of rotatable bonds is 9. The average Bonchev–Trinajstić information content (AvgIpc) is 3.21. The van der Waals surface area contributed by atoms with Crippen LogP contribution in [0.3, 0.4) is 0 Å². The Morgan fingerprint density at radius 1 is 1.07 bits per heavy atom. The lowest BCUT2D eigenvalue weighted by Crippen LogP contribution is -2.07. The van der Waals surface area contributed by atoms with Gasteiger partial charge in [0.05, 0.1) is 0 Å². The molecule has 1 aromatic heterocycles. The van der Waals surface area contributed by atoms with Crippen LogP contribution in [0.1, 0.15) is 54.3 Å². The Bertz CT molecular complexity index is 974. The molecule has 0 aliphatic heterocycles. The largest absolute Gasteiger partial charge is 0.489 e. The molecule has 0 aliphatic carbocycles. The fourth-order valence-electron chi connectivity index (χ4n) is 2.93. The summed E-state index contributed by atoms with van der Waals surface area (Å²) < 4.78 is 5.81. The second-order valence-electron chi connectivity index (χ2n) is 7.12. The van der Waals surface area contributed by atoms with Crippen LogP contribution in [0.15, 0.2) is 54.6 Å². The van der Waals surface area contributed by atoms with Crippen LogP contribution in [0.4, 0.5) is 5.13 Å². The molecule has 0 aliphatic rings. The molecule has 1 amide bonds. The number of nitrogens with zero attached hydrogens (tertiary/aromatic N) is 2. The van der Waals surface area contributed by atoms with Gasteiger partial charge in [-0.3, -0.25) is 10.1 Å². The molecule has 1 heterocycles. The number of benzene rings is 2. The monoisotopic (exact) mass is 421 g/mol. The molecule has 0 unspecified atom stereocenters. The van der Waals surface area contributed by atoms with Gasteiger partial charge < -0.3 is 4.74 Å². The number of ether oxygens (including phenoxy) is 1. The minimum absolute atomic E-state index is 0.220. The van der Waals surface area contributed by atoms with Crippen LogP contribution in [-0.2, 0) is 11.4 Å². The number of nitrogens with one attached hydrogen (secondary N) is 1. The molecule has 0 spiro atoms. The lowest BCUT2D eigenvalue weighted by Gasteiger charge is -2.07. The van der Waals surface area contributed by atoms with E-state index in [-0.39, 0.29) is 5.91 Å². The Labute approximate surface area is 181 Å². The van der Waals surface area contributed by atoms with Gasteiger partial charge in [-0.25, -0.2) is 0 Å². The van der Waals surface area contributed by atoms with Crippen molar-refractivity contribution in [3.8, 4) is 5.75 Å². The quantitative estimate of drug-likeness (QED) is 0.432. The van der Waals surface area contributed by atoms with Crippen molar-refractivity contribution in [3.05, 3.63) is 76.3 Å². The summed E-state index contributed by atoms with van der Waals surface area (Å²) in [6.45, 7) is 6.86. The Kier molecular flexibility index (Phi) is 7.74. The molecule has 1 N–H and O–H groups in total. The summed E-state index contributed by atoms with van der Waals surface area (Å²) >= 11 is 1.44. The molecule has 0 fully saturated rings. The van der Waals surface area contributed by atoms with Gasteiger partial charge in [-0.1, -0.05) is 67.1 Å². The van der Waals surface area contributed by atoms with E-state index in [1.54, 1.807) is 6.08 Å². The summed E-state index contributed by atoms with van der Waals surface area (Å²) in [4.78, 5) is 12.2. The minimum Gasteiger partial charge on any atom is -0.489 e. The van der Waals surface area contributed by atoms with Gasteiger partial charge in [-0.15, -0.1) is 10.2 Å².